The highest BCUT2D eigenvalue weighted by Gasteiger charge is 2.11. The van der Waals surface area contributed by atoms with Crippen LogP contribution in [0.25, 0.3) is 0 Å². The fourth-order valence-corrected chi connectivity index (χ4v) is 1.97. The van der Waals surface area contributed by atoms with Gasteiger partial charge in [-0.25, -0.2) is 0 Å². The Balaban J connectivity index is 2.63. The maximum Gasteiger partial charge on any atom is 0.0408 e. The van der Waals surface area contributed by atoms with Crippen LogP contribution in [0.1, 0.15) is 12.8 Å². The second-order valence-corrected chi connectivity index (χ2v) is 3.68. The molecule has 12 heavy (non-hydrogen) atoms. The van der Waals surface area contributed by atoms with Gasteiger partial charge >= 0.3 is 0 Å². The summed E-state index contributed by atoms with van der Waals surface area (Å²) in [7, 11) is 1.32. The van der Waals surface area contributed by atoms with E-state index in [1.54, 1.807) is 0 Å². The molecule has 0 atom stereocenters. The molecule has 1 aliphatic heterocycles. The van der Waals surface area contributed by atoms with E-state index in [9.17, 15) is 0 Å². The third-order valence-electron chi connectivity index (χ3n) is 2.02. The number of nitrogens with zero attached hydrogens (tertiary/aromatic N) is 1. The van der Waals surface area contributed by atoms with Crippen molar-refractivity contribution in [1.29, 1.82) is 0 Å². The highest BCUT2D eigenvalue weighted by Crippen LogP contribution is 2.14. The summed E-state index contributed by atoms with van der Waals surface area (Å²) in [6.07, 6.45) is 6.64. The van der Waals surface area contributed by atoms with Gasteiger partial charge in [0.1, 0.15) is 0 Å². The van der Waals surface area contributed by atoms with Crippen LogP contribution in [-0.4, -0.2) is 30.5 Å². The molecule has 0 aliphatic carbocycles. The molecule has 0 unspecified atom stereocenters. The van der Waals surface area contributed by atoms with Crippen molar-refractivity contribution < 1.29 is 0 Å². The topological polar surface area (TPSA) is 3.24 Å². The van der Waals surface area contributed by atoms with Crippen LogP contribution >= 0.6 is 8.20 Å². The summed E-state index contributed by atoms with van der Waals surface area (Å²) in [5.74, 6) is 2.24. The summed E-state index contributed by atoms with van der Waals surface area (Å²) in [5.41, 5.74) is 1.34. The second-order valence-electron chi connectivity index (χ2n) is 2.91. The molecule has 0 aromatic carbocycles. The Kier molecular flexibility index (Phi) is 4.10. The summed E-state index contributed by atoms with van der Waals surface area (Å²) in [6, 6.07) is 0. The molecule has 1 heterocycles. The predicted octanol–water partition coefficient (Wildman–Crippen LogP) is 2.53. The highest BCUT2D eigenvalue weighted by molar-refractivity contribution is 7.38. The average molecular weight is 181 g/mol. The minimum Gasteiger partial charge on any atom is -0.371 e. The van der Waals surface area contributed by atoms with Crippen molar-refractivity contribution in [3.63, 3.8) is 0 Å². The molecule has 2 heteroatoms. The van der Waals surface area contributed by atoms with Crippen LogP contribution in [0.4, 0.5) is 0 Å². The zero-order valence-corrected chi connectivity index (χ0v) is 8.56. The normalized spacial score (nSPS) is 19.1. The molecule has 0 aromatic heterocycles. The van der Waals surface area contributed by atoms with E-state index in [2.05, 4.69) is 30.0 Å². The van der Waals surface area contributed by atoms with Crippen molar-refractivity contribution in [1.82, 2.24) is 4.90 Å². The number of hydrogen-bond acceptors (Lipinski definition) is 1. The SMILES string of the molecule is C=C/C=C(\C=P/C)N1CCCC1. The van der Waals surface area contributed by atoms with Crippen LogP contribution in [0.15, 0.2) is 24.4 Å². The first kappa shape index (κ1) is 9.54. The summed E-state index contributed by atoms with van der Waals surface area (Å²) < 4.78 is 0. The Morgan fingerprint density at radius 3 is 2.58 bits per heavy atom. The second kappa shape index (κ2) is 5.16. The van der Waals surface area contributed by atoms with Crippen molar-refractivity contribution >= 4 is 14.0 Å². The van der Waals surface area contributed by atoms with Gasteiger partial charge in [-0.2, -0.15) is 0 Å². The third-order valence-corrected chi connectivity index (χ3v) is 2.54. The molecule has 0 N–H and O–H groups in total. The molecule has 0 bridgehead atoms. The van der Waals surface area contributed by atoms with E-state index in [4.69, 9.17) is 0 Å². The van der Waals surface area contributed by atoms with E-state index in [-0.39, 0.29) is 0 Å². The fraction of sp³-hybridized carbons (Fsp3) is 0.500. The van der Waals surface area contributed by atoms with Gasteiger partial charge in [-0.3, -0.25) is 0 Å². The first-order valence-corrected chi connectivity index (χ1v) is 5.79. The number of allylic oxidation sites excluding steroid dienone is 3. The zero-order chi connectivity index (χ0) is 8.81. The number of hydrogen-bond donors (Lipinski definition) is 0. The van der Waals surface area contributed by atoms with Gasteiger partial charge in [-0.15, -0.1) is 8.20 Å². The summed E-state index contributed by atoms with van der Waals surface area (Å²) in [4.78, 5) is 2.43. The molecule has 1 fully saturated rings. The van der Waals surface area contributed by atoms with Gasteiger partial charge in [0, 0.05) is 18.8 Å². The lowest BCUT2D eigenvalue weighted by Crippen LogP contribution is -2.18. The van der Waals surface area contributed by atoms with Crippen LogP contribution in [0.2, 0.25) is 0 Å². The first-order chi connectivity index (χ1) is 5.88. The Morgan fingerprint density at radius 2 is 2.08 bits per heavy atom. The van der Waals surface area contributed by atoms with Crippen LogP contribution in [0, 0.1) is 0 Å². The summed E-state index contributed by atoms with van der Waals surface area (Å²) in [5, 5.41) is 0. The monoisotopic (exact) mass is 181 g/mol. The average Bonchev–Trinajstić information content (AvgIpc) is 2.56. The van der Waals surface area contributed by atoms with Crippen molar-refractivity contribution in [2.45, 2.75) is 12.8 Å². The van der Waals surface area contributed by atoms with Crippen LogP contribution in [-0.2, 0) is 0 Å². The molecule has 0 saturated carbocycles. The molecule has 0 radical (unpaired) electrons. The Bertz CT molecular complexity index is 200. The van der Waals surface area contributed by atoms with Crippen molar-refractivity contribution in [3.8, 4) is 0 Å². The van der Waals surface area contributed by atoms with Crippen molar-refractivity contribution in [2.24, 2.45) is 0 Å². The maximum absolute atomic E-state index is 3.73. The van der Waals surface area contributed by atoms with Gasteiger partial charge in [0.25, 0.3) is 0 Å². The number of rotatable bonds is 3. The molecule has 0 amide bonds. The van der Waals surface area contributed by atoms with E-state index in [1.165, 1.54) is 39.8 Å². The van der Waals surface area contributed by atoms with Crippen LogP contribution in [0.5, 0.6) is 0 Å². The lowest BCUT2D eigenvalue weighted by Gasteiger charge is -2.17. The quantitative estimate of drug-likeness (QED) is 0.477. The zero-order valence-electron chi connectivity index (χ0n) is 7.66. The highest BCUT2D eigenvalue weighted by atomic mass is 31.1. The van der Waals surface area contributed by atoms with Gasteiger partial charge in [-0.1, -0.05) is 12.7 Å². The van der Waals surface area contributed by atoms with Gasteiger partial charge < -0.3 is 4.90 Å². The lowest BCUT2D eigenvalue weighted by atomic mass is 10.4. The molecule has 0 aromatic rings. The van der Waals surface area contributed by atoms with E-state index in [1.807, 2.05) is 6.08 Å². The standard InChI is InChI=1S/C10H16NP/c1-3-6-10(9-12-2)11-7-4-5-8-11/h3,6,9H,1,4-5,7-8H2,2H3/b10-6+. The third kappa shape index (κ3) is 2.49. The molecule has 1 rings (SSSR count). The minimum absolute atomic E-state index is 1.21. The van der Waals surface area contributed by atoms with Crippen LogP contribution in [0.3, 0.4) is 0 Å². The predicted molar refractivity (Wildman–Crippen MR) is 58.0 cm³/mol. The molecule has 0 spiro atoms. The Labute approximate surface area is 76.6 Å². The first-order valence-electron chi connectivity index (χ1n) is 4.38. The number of likely N-dealkylation sites (tertiary alicyclic amines) is 1. The molecule has 1 nitrogen and oxygen atoms in total. The summed E-state index contributed by atoms with van der Waals surface area (Å²) >= 11 is 0. The van der Waals surface area contributed by atoms with Gasteiger partial charge in [0.05, 0.1) is 0 Å². The Morgan fingerprint density at radius 1 is 1.42 bits per heavy atom. The lowest BCUT2D eigenvalue weighted by molar-refractivity contribution is 0.451. The molecule has 1 aliphatic rings. The van der Waals surface area contributed by atoms with E-state index in [0.717, 1.165) is 0 Å². The minimum atomic E-state index is 1.21. The smallest absolute Gasteiger partial charge is 0.0408 e. The van der Waals surface area contributed by atoms with Crippen LogP contribution < -0.4 is 0 Å². The van der Waals surface area contributed by atoms with Gasteiger partial charge in [-0.05, 0) is 31.4 Å². The van der Waals surface area contributed by atoms with E-state index in [0.29, 0.717) is 0 Å². The van der Waals surface area contributed by atoms with E-state index < -0.39 is 0 Å². The molecule has 66 valence electrons. The van der Waals surface area contributed by atoms with E-state index >= 15 is 0 Å². The molecule has 1 saturated heterocycles. The Hall–Kier alpha value is -0.550. The fourth-order valence-electron chi connectivity index (χ4n) is 1.46. The molecular weight excluding hydrogens is 165 g/mol. The van der Waals surface area contributed by atoms with Crippen molar-refractivity contribution in [2.75, 3.05) is 19.8 Å². The van der Waals surface area contributed by atoms with Gasteiger partial charge in [0.2, 0.25) is 0 Å². The largest absolute Gasteiger partial charge is 0.371 e. The maximum atomic E-state index is 3.73. The molecular formula is C10H16NP. The van der Waals surface area contributed by atoms with Gasteiger partial charge in [0.15, 0.2) is 0 Å². The van der Waals surface area contributed by atoms with Crippen molar-refractivity contribution in [3.05, 3.63) is 24.4 Å². The summed E-state index contributed by atoms with van der Waals surface area (Å²) in [6.45, 7) is 8.30.